The van der Waals surface area contributed by atoms with Crippen LogP contribution in [-0.2, 0) is 6.54 Å². The highest BCUT2D eigenvalue weighted by Crippen LogP contribution is 2.21. The van der Waals surface area contributed by atoms with Crippen LogP contribution < -0.4 is 10.5 Å². The minimum absolute atomic E-state index is 0.631. The molecule has 1 unspecified atom stereocenters. The van der Waals surface area contributed by atoms with Crippen molar-refractivity contribution in [3.05, 3.63) is 23.8 Å². The van der Waals surface area contributed by atoms with Gasteiger partial charge in [0.2, 0.25) is 0 Å². The summed E-state index contributed by atoms with van der Waals surface area (Å²) >= 11 is 0. The molecule has 2 N–H and O–H groups in total. The van der Waals surface area contributed by atoms with Gasteiger partial charge in [-0.3, -0.25) is 4.90 Å². The van der Waals surface area contributed by atoms with Crippen LogP contribution in [0.5, 0.6) is 5.75 Å². The van der Waals surface area contributed by atoms with E-state index in [1.165, 1.54) is 24.9 Å². The van der Waals surface area contributed by atoms with Crippen LogP contribution in [0.2, 0.25) is 0 Å². The fourth-order valence-corrected chi connectivity index (χ4v) is 2.81. The van der Waals surface area contributed by atoms with Gasteiger partial charge in [0.1, 0.15) is 5.75 Å². The van der Waals surface area contributed by atoms with Gasteiger partial charge in [-0.25, -0.2) is 0 Å². The van der Waals surface area contributed by atoms with Gasteiger partial charge in [0, 0.05) is 30.9 Å². The molecule has 1 heterocycles. The zero-order chi connectivity index (χ0) is 13.8. The zero-order valence-electron chi connectivity index (χ0n) is 12.2. The Labute approximate surface area is 116 Å². The van der Waals surface area contributed by atoms with Crippen molar-refractivity contribution < 1.29 is 4.74 Å². The smallest absolute Gasteiger partial charge is 0.121 e. The molecule has 0 saturated carbocycles. The number of ether oxygens (including phenoxy) is 1. The first-order valence-corrected chi connectivity index (χ1v) is 6.90. The summed E-state index contributed by atoms with van der Waals surface area (Å²) in [5.41, 5.74) is 7.89. The molecule has 1 saturated heterocycles. The van der Waals surface area contributed by atoms with Gasteiger partial charge in [0.25, 0.3) is 0 Å². The minimum Gasteiger partial charge on any atom is -0.497 e. The van der Waals surface area contributed by atoms with Crippen LogP contribution in [0, 0.1) is 0 Å². The van der Waals surface area contributed by atoms with Crippen molar-refractivity contribution in [1.29, 1.82) is 0 Å². The molecule has 1 atom stereocenters. The molecular formula is C15H25N3O. The third-order valence-corrected chi connectivity index (χ3v) is 3.88. The number of nitrogen functional groups attached to an aromatic ring is 1. The molecule has 19 heavy (non-hydrogen) atoms. The minimum atomic E-state index is 0.631. The summed E-state index contributed by atoms with van der Waals surface area (Å²) in [6.45, 7) is 3.28. The number of hydrogen-bond donors (Lipinski definition) is 1. The maximum Gasteiger partial charge on any atom is 0.121 e. The number of rotatable bonds is 4. The molecule has 1 aromatic rings. The number of likely N-dealkylation sites (tertiary alicyclic amines) is 1. The Bertz CT molecular complexity index is 422. The van der Waals surface area contributed by atoms with Crippen molar-refractivity contribution in [2.45, 2.75) is 25.4 Å². The van der Waals surface area contributed by atoms with Gasteiger partial charge >= 0.3 is 0 Å². The van der Waals surface area contributed by atoms with Gasteiger partial charge in [0.15, 0.2) is 0 Å². The molecular weight excluding hydrogens is 238 g/mol. The fraction of sp³-hybridized carbons (Fsp3) is 0.600. The topological polar surface area (TPSA) is 41.7 Å². The lowest BCUT2D eigenvalue weighted by atomic mass is 10.0. The first kappa shape index (κ1) is 14.2. The number of nitrogens with zero attached hydrogens (tertiary/aromatic N) is 2. The lowest BCUT2D eigenvalue weighted by molar-refractivity contribution is 0.129. The third-order valence-electron chi connectivity index (χ3n) is 3.88. The van der Waals surface area contributed by atoms with Crippen molar-refractivity contribution in [3.8, 4) is 5.75 Å². The first-order valence-electron chi connectivity index (χ1n) is 6.90. The largest absolute Gasteiger partial charge is 0.497 e. The number of hydrogen-bond acceptors (Lipinski definition) is 4. The molecule has 1 aromatic carbocycles. The van der Waals surface area contributed by atoms with E-state index in [1.54, 1.807) is 7.11 Å². The average molecular weight is 263 g/mol. The predicted octanol–water partition coefficient (Wildman–Crippen LogP) is 1.80. The number of benzene rings is 1. The van der Waals surface area contributed by atoms with E-state index < -0.39 is 0 Å². The second-order valence-corrected chi connectivity index (χ2v) is 5.59. The normalized spacial score (nSPS) is 20.7. The van der Waals surface area contributed by atoms with E-state index in [2.05, 4.69) is 30.0 Å². The maximum absolute atomic E-state index is 5.90. The Hall–Kier alpha value is -1.26. The molecule has 0 amide bonds. The summed E-state index contributed by atoms with van der Waals surface area (Å²) in [6.07, 6.45) is 2.56. The first-order chi connectivity index (χ1) is 9.08. The number of piperidine rings is 1. The summed E-state index contributed by atoms with van der Waals surface area (Å²) < 4.78 is 5.27. The molecule has 106 valence electrons. The highest BCUT2D eigenvalue weighted by Gasteiger charge is 2.21. The molecule has 4 nitrogen and oxygen atoms in total. The highest BCUT2D eigenvalue weighted by molar-refractivity contribution is 5.47. The molecule has 0 spiro atoms. The van der Waals surface area contributed by atoms with Crippen LogP contribution in [0.4, 0.5) is 5.69 Å². The van der Waals surface area contributed by atoms with Crippen LogP contribution in [0.1, 0.15) is 18.4 Å². The van der Waals surface area contributed by atoms with Crippen molar-refractivity contribution in [2.24, 2.45) is 0 Å². The molecule has 0 aliphatic carbocycles. The van der Waals surface area contributed by atoms with Crippen molar-refractivity contribution in [2.75, 3.05) is 40.0 Å². The number of anilines is 1. The Morgan fingerprint density at radius 2 is 2.21 bits per heavy atom. The van der Waals surface area contributed by atoms with E-state index in [-0.39, 0.29) is 0 Å². The van der Waals surface area contributed by atoms with Gasteiger partial charge in [-0.15, -0.1) is 0 Å². The van der Waals surface area contributed by atoms with E-state index in [9.17, 15) is 0 Å². The molecule has 1 fully saturated rings. The standard InChI is InChI=1S/C15H25N3O/c1-17-6-4-5-14(11-17)18(2)10-12-7-13(16)9-15(8-12)19-3/h7-9,14H,4-6,10-11,16H2,1-3H3. The van der Waals surface area contributed by atoms with E-state index in [0.29, 0.717) is 6.04 Å². The van der Waals surface area contributed by atoms with Crippen molar-refractivity contribution in [1.82, 2.24) is 9.80 Å². The Balaban J connectivity index is 2.01. The Morgan fingerprint density at radius 1 is 1.42 bits per heavy atom. The van der Waals surface area contributed by atoms with Crippen LogP contribution in [0.15, 0.2) is 18.2 Å². The molecule has 4 heteroatoms. The summed E-state index contributed by atoms with van der Waals surface area (Å²) in [4.78, 5) is 4.83. The third kappa shape index (κ3) is 3.85. The quantitative estimate of drug-likeness (QED) is 0.841. The highest BCUT2D eigenvalue weighted by atomic mass is 16.5. The predicted molar refractivity (Wildman–Crippen MR) is 79.4 cm³/mol. The van der Waals surface area contributed by atoms with Gasteiger partial charge in [-0.2, -0.15) is 0 Å². The number of likely N-dealkylation sites (N-methyl/N-ethyl adjacent to an activating group) is 2. The van der Waals surface area contributed by atoms with E-state index in [0.717, 1.165) is 24.5 Å². The summed E-state index contributed by atoms with van der Waals surface area (Å²) in [5.74, 6) is 0.837. The summed E-state index contributed by atoms with van der Waals surface area (Å²) in [7, 11) is 6.07. The molecule has 1 aliphatic rings. The Kier molecular flexibility index (Phi) is 4.66. The summed E-state index contributed by atoms with van der Waals surface area (Å²) in [6, 6.07) is 6.59. The van der Waals surface area contributed by atoms with Crippen LogP contribution >= 0.6 is 0 Å². The molecule has 0 bridgehead atoms. The lowest BCUT2D eigenvalue weighted by Gasteiger charge is -2.36. The van der Waals surface area contributed by atoms with Crippen LogP contribution in [0.25, 0.3) is 0 Å². The molecule has 0 aromatic heterocycles. The van der Waals surface area contributed by atoms with Gasteiger partial charge in [0.05, 0.1) is 7.11 Å². The monoisotopic (exact) mass is 263 g/mol. The summed E-state index contributed by atoms with van der Waals surface area (Å²) in [5, 5.41) is 0. The van der Waals surface area contributed by atoms with Crippen molar-refractivity contribution in [3.63, 3.8) is 0 Å². The fourth-order valence-electron chi connectivity index (χ4n) is 2.81. The number of methoxy groups -OCH3 is 1. The zero-order valence-corrected chi connectivity index (χ0v) is 12.2. The molecule has 0 radical (unpaired) electrons. The van der Waals surface area contributed by atoms with Gasteiger partial charge in [-0.1, -0.05) is 0 Å². The molecule has 2 rings (SSSR count). The van der Waals surface area contributed by atoms with Crippen LogP contribution in [0.3, 0.4) is 0 Å². The SMILES string of the molecule is COc1cc(N)cc(CN(C)C2CCCN(C)C2)c1. The Morgan fingerprint density at radius 3 is 2.89 bits per heavy atom. The van der Waals surface area contributed by atoms with Crippen LogP contribution in [-0.4, -0.2) is 50.1 Å². The second kappa shape index (κ2) is 6.26. The second-order valence-electron chi connectivity index (χ2n) is 5.59. The van der Waals surface area contributed by atoms with E-state index >= 15 is 0 Å². The van der Waals surface area contributed by atoms with Gasteiger partial charge in [-0.05, 0) is 51.2 Å². The molecule has 1 aliphatic heterocycles. The van der Waals surface area contributed by atoms with Gasteiger partial charge < -0.3 is 15.4 Å². The lowest BCUT2D eigenvalue weighted by Crippen LogP contribution is -2.44. The van der Waals surface area contributed by atoms with Crippen molar-refractivity contribution >= 4 is 5.69 Å². The number of nitrogens with two attached hydrogens (primary N) is 1. The average Bonchev–Trinajstić information content (AvgIpc) is 2.38. The maximum atomic E-state index is 5.90. The van der Waals surface area contributed by atoms with E-state index in [4.69, 9.17) is 10.5 Å². The van der Waals surface area contributed by atoms with E-state index in [1.807, 2.05) is 12.1 Å².